The van der Waals surface area contributed by atoms with E-state index in [4.69, 9.17) is 4.42 Å². The summed E-state index contributed by atoms with van der Waals surface area (Å²) in [5.41, 5.74) is 1.91. The molecule has 2 aromatic heterocycles. The van der Waals surface area contributed by atoms with Crippen molar-refractivity contribution in [3.05, 3.63) is 36.5 Å². The van der Waals surface area contributed by atoms with Crippen LogP contribution in [0.25, 0.3) is 11.5 Å². The van der Waals surface area contributed by atoms with Crippen LogP contribution in [0.4, 0.5) is 0 Å². The van der Waals surface area contributed by atoms with E-state index in [1.165, 1.54) is 6.39 Å². The molecule has 0 aliphatic heterocycles. The predicted molar refractivity (Wildman–Crippen MR) is 53.8 cm³/mol. The number of rotatable bonds is 2. The van der Waals surface area contributed by atoms with E-state index in [9.17, 15) is 0 Å². The molecule has 0 aliphatic rings. The molecule has 0 fully saturated rings. The Morgan fingerprint density at radius 3 is 2.79 bits per heavy atom. The maximum Gasteiger partial charge on any atom is 0.181 e. The van der Waals surface area contributed by atoms with Crippen LogP contribution in [0.15, 0.2) is 35.2 Å². The van der Waals surface area contributed by atoms with Gasteiger partial charge in [0.15, 0.2) is 12.2 Å². The highest BCUT2D eigenvalue weighted by molar-refractivity contribution is 5.50. The Labute approximate surface area is 82.8 Å². The number of pyridine rings is 1. The predicted octanol–water partition coefficient (Wildman–Crippen LogP) is 2.86. The van der Waals surface area contributed by atoms with Crippen molar-refractivity contribution >= 4 is 0 Å². The van der Waals surface area contributed by atoms with Crippen molar-refractivity contribution in [2.75, 3.05) is 0 Å². The van der Waals surface area contributed by atoms with Gasteiger partial charge in [-0.2, -0.15) is 0 Å². The molecule has 2 heterocycles. The smallest absolute Gasteiger partial charge is 0.181 e. The Morgan fingerprint density at radius 2 is 2.14 bits per heavy atom. The Balaban J connectivity index is 2.41. The lowest BCUT2D eigenvalue weighted by Gasteiger charge is -2.04. The Bertz CT molecular complexity index is 407. The van der Waals surface area contributed by atoms with Gasteiger partial charge >= 0.3 is 0 Å². The van der Waals surface area contributed by atoms with Gasteiger partial charge in [-0.25, -0.2) is 9.97 Å². The summed E-state index contributed by atoms with van der Waals surface area (Å²) in [6.45, 7) is 4.24. The van der Waals surface area contributed by atoms with Crippen LogP contribution in [0.5, 0.6) is 0 Å². The molecule has 0 saturated carbocycles. The van der Waals surface area contributed by atoms with Gasteiger partial charge in [0.05, 0.1) is 6.20 Å². The summed E-state index contributed by atoms with van der Waals surface area (Å²) >= 11 is 0. The fraction of sp³-hybridized carbons (Fsp3) is 0.273. The van der Waals surface area contributed by atoms with Crippen LogP contribution in [0, 0.1) is 0 Å². The van der Waals surface area contributed by atoms with Gasteiger partial charge in [0.1, 0.15) is 5.69 Å². The van der Waals surface area contributed by atoms with E-state index in [2.05, 4.69) is 23.8 Å². The maximum absolute atomic E-state index is 5.18. The number of aromatic nitrogens is 2. The van der Waals surface area contributed by atoms with Gasteiger partial charge < -0.3 is 4.42 Å². The summed E-state index contributed by atoms with van der Waals surface area (Å²) < 4.78 is 5.18. The molecule has 0 unspecified atom stereocenters. The molecule has 0 atom stereocenters. The van der Waals surface area contributed by atoms with Crippen LogP contribution in [-0.2, 0) is 0 Å². The lowest BCUT2D eigenvalue weighted by Crippen LogP contribution is -1.93. The molecule has 14 heavy (non-hydrogen) atoms. The lowest BCUT2D eigenvalue weighted by molar-refractivity contribution is 0.569. The number of hydrogen-bond acceptors (Lipinski definition) is 3. The molecule has 3 heteroatoms. The molecule has 0 amide bonds. The first-order chi connectivity index (χ1) is 6.77. The van der Waals surface area contributed by atoms with Crippen LogP contribution in [-0.4, -0.2) is 9.97 Å². The van der Waals surface area contributed by atoms with Crippen molar-refractivity contribution in [2.24, 2.45) is 0 Å². The first-order valence-electron chi connectivity index (χ1n) is 4.63. The zero-order valence-corrected chi connectivity index (χ0v) is 8.27. The summed E-state index contributed by atoms with van der Waals surface area (Å²) in [6, 6.07) is 5.93. The highest BCUT2D eigenvalue weighted by Crippen LogP contribution is 2.19. The van der Waals surface area contributed by atoms with Crippen LogP contribution in [0.1, 0.15) is 25.5 Å². The summed E-state index contributed by atoms with van der Waals surface area (Å²) in [6.07, 6.45) is 3.09. The first kappa shape index (κ1) is 8.94. The standard InChI is InChI=1S/C11H12N2O/c1-8(2)9-4-3-5-10(13-9)11-6-12-7-14-11/h3-8H,1-2H3. The van der Waals surface area contributed by atoms with Gasteiger partial charge in [0.25, 0.3) is 0 Å². The van der Waals surface area contributed by atoms with Crippen molar-refractivity contribution < 1.29 is 4.42 Å². The topological polar surface area (TPSA) is 38.9 Å². The van der Waals surface area contributed by atoms with Gasteiger partial charge in [-0.15, -0.1) is 0 Å². The third-order valence-corrected chi connectivity index (χ3v) is 2.05. The second-order valence-electron chi connectivity index (χ2n) is 3.47. The monoisotopic (exact) mass is 188 g/mol. The normalized spacial score (nSPS) is 10.8. The number of oxazole rings is 1. The molecule has 0 spiro atoms. The molecule has 0 bridgehead atoms. The molecule has 72 valence electrons. The molecule has 0 aliphatic carbocycles. The molecular formula is C11H12N2O. The minimum absolute atomic E-state index is 0.429. The van der Waals surface area contributed by atoms with E-state index < -0.39 is 0 Å². The van der Waals surface area contributed by atoms with Crippen molar-refractivity contribution in [3.63, 3.8) is 0 Å². The first-order valence-corrected chi connectivity index (χ1v) is 4.63. The number of nitrogens with zero attached hydrogens (tertiary/aromatic N) is 2. The van der Waals surface area contributed by atoms with Gasteiger partial charge in [-0.05, 0) is 18.1 Å². The molecule has 0 radical (unpaired) electrons. The number of hydrogen-bond donors (Lipinski definition) is 0. The summed E-state index contributed by atoms with van der Waals surface area (Å²) in [5.74, 6) is 1.14. The van der Waals surface area contributed by atoms with Crippen molar-refractivity contribution in [1.29, 1.82) is 0 Å². The molecular weight excluding hydrogens is 176 g/mol. The summed E-state index contributed by atoms with van der Waals surface area (Å²) in [4.78, 5) is 8.35. The van der Waals surface area contributed by atoms with E-state index in [1.54, 1.807) is 6.20 Å². The SMILES string of the molecule is CC(C)c1cccc(-c2cnco2)n1. The van der Waals surface area contributed by atoms with E-state index >= 15 is 0 Å². The van der Waals surface area contributed by atoms with E-state index in [1.807, 2.05) is 18.2 Å². The average molecular weight is 188 g/mol. The van der Waals surface area contributed by atoms with Crippen LogP contribution >= 0.6 is 0 Å². The molecule has 2 rings (SSSR count). The van der Waals surface area contributed by atoms with Crippen LogP contribution < -0.4 is 0 Å². The fourth-order valence-corrected chi connectivity index (χ4v) is 1.25. The molecule has 0 N–H and O–H groups in total. The van der Waals surface area contributed by atoms with E-state index in [-0.39, 0.29) is 0 Å². The van der Waals surface area contributed by atoms with E-state index in [0.717, 1.165) is 11.4 Å². The van der Waals surface area contributed by atoms with Crippen molar-refractivity contribution in [1.82, 2.24) is 9.97 Å². The zero-order chi connectivity index (χ0) is 9.97. The maximum atomic E-state index is 5.18. The van der Waals surface area contributed by atoms with Crippen LogP contribution in [0.3, 0.4) is 0 Å². The highest BCUT2D eigenvalue weighted by Gasteiger charge is 2.05. The minimum atomic E-state index is 0.429. The minimum Gasteiger partial charge on any atom is -0.442 e. The van der Waals surface area contributed by atoms with Crippen molar-refractivity contribution in [2.45, 2.75) is 19.8 Å². The second kappa shape index (κ2) is 3.62. The third-order valence-electron chi connectivity index (χ3n) is 2.05. The zero-order valence-electron chi connectivity index (χ0n) is 8.27. The molecule has 2 aromatic rings. The van der Waals surface area contributed by atoms with Gasteiger partial charge in [0.2, 0.25) is 0 Å². The Morgan fingerprint density at radius 1 is 1.29 bits per heavy atom. The van der Waals surface area contributed by atoms with E-state index in [0.29, 0.717) is 11.7 Å². The third kappa shape index (κ3) is 1.66. The highest BCUT2D eigenvalue weighted by atomic mass is 16.3. The van der Waals surface area contributed by atoms with Gasteiger partial charge in [0, 0.05) is 5.69 Å². The van der Waals surface area contributed by atoms with Gasteiger partial charge in [-0.1, -0.05) is 19.9 Å². The summed E-state index contributed by atoms with van der Waals surface area (Å²) in [7, 11) is 0. The molecule has 0 saturated heterocycles. The second-order valence-corrected chi connectivity index (χ2v) is 3.47. The average Bonchev–Trinajstić information content (AvgIpc) is 2.71. The van der Waals surface area contributed by atoms with Crippen molar-refractivity contribution in [3.8, 4) is 11.5 Å². The lowest BCUT2D eigenvalue weighted by atomic mass is 10.1. The molecule has 0 aromatic carbocycles. The molecule has 3 nitrogen and oxygen atoms in total. The fourth-order valence-electron chi connectivity index (χ4n) is 1.25. The Hall–Kier alpha value is -1.64. The van der Waals surface area contributed by atoms with Gasteiger partial charge in [-0.3, -0.25) is 0 Å². The van der Waals surface area contributed by atoms with Crippen LogP contribution in [0.2, 0.25) is 0 Å². The quantitative estimate of drug-likeness (QED) is 0.727. The Kier molecular flexibility index (Phi) is 2.31. The largest absolute Gasteiger partial charge is 0.442 e. The summed E-state index contributed by atoms with van der Waals surface area (Å²) in [5, 5.41) is 0.